The Hall–Kier alpha value is -3.58. The second-order valence-corrected chi connectivity index (χ2v) is 9.62. The van der Waals surface area contributed by atoms with Crippen molar-refractivity contribution < 1.29 is 9.53 Å². The number of para-hydroxylation sites is 1. The molecule has 7 heteroatoms. The lowest BCUT2D eigenvalue weighted by atomic mass is 9.88. The van der Waals surface area contributed by atoms with Gasteiger partial charge in [-0.2, -0.15) is 0 Å². The molecular formula is C28H28N4O2S. The van der Waals surface area contributed by atoms with Crippen molar-refractivity contribution in [1.82, 2.24) is 20.1 Å². The maximum Gasteiger partial charge on any atom is 0.230 e. The van der Waals surface area contributed by atoms with Gasteiger partial charge in [-0.3, -0.25) is 9.36 Å². The van der Waals surface area contributed by atoms with Gasteiger partial charge in [0.25, 0.3) is 0 Å². The van der Waals surface area contributed by atoms with Crippen molar-refractivity contribution in [2.75, 3.05) is 12.9 Å². The van der Waals surface area contributed by atoms with Gasteiger partial charge in [-0.1, -0.05) is 65.9 Å². The van der Waals surface area contributed by atoms with Crippen molar-refractivity contribution in [3.05, 3.63) is 89.5 Å². The fraction of sp³-hybridized carbons (Fsp3) is 0.250. The number of methoxy groups -OCH3 is 1. The Morgan fingerprint density at radius 3 is 2.66 bits per heavy atom. The van der Waals surface area contributed by atoms with Crippen molar-refractivity contribution in [2.45, 2.75) is 37.4 Å². The zero-order valence-electron chi connectivity index (χ0n) is 19.9. The van der Waals surface area contributed by atoms with Crippen LogP contribution in [0.2, 0.25) is 0 Å². The first-order valence-electron chi connectivity index (χ1n) is 11.8. The highest BCUT2D eigenvalue weighted by Gasteiger charge is 2.23. The van der Waals surface area contributed by atoms with Crippen molar-refractivity contribution in [2.24, 2.45) is 0 Å². The van der Waals surface area contributed by atoms with Crippen molar-refractivity contribution in [3.63, 3.8) is 0 Å². The Labute approximate surface area is 209 Å². The summed E-state index contributed by atoms with van der Waals surface area (Å²) in [6, 6.07) is 24.4. The highest BCUT2D eigenvalue weighted by molar-refractivity contribution is 7.99. The molecule has 1 unspecified atom stereocenters. The monoisotopic (exact) mass is 484 g/mol. The third-order valence-electron chi connectivity index (χ3n) is 6.31. The third-order valence-corrected chi connectivity index (χ3v) is 7.24. The molecule has 1 atom stereocenters. The first kappa shape index (κ1) is 23.2. The van der Waals surface area contributed by atoms with E-state index >= 15 is 0 Å². The topological polar surface area (TPSA) is 69.0 Å². The summed E-state index contributed by atoms with van der Waals surface area (Å²) in [5.41, 5.74) is 5.52. The molecule has 1 aliphatic carbocycles. The number of carbonyl (C=O) groups is 1. The zero-order chi connectivity index (χ0) is 24.2. The van der Waals surface area contributed by atoms with Crippen LogP contribution in [0.25, 0.3) is 17.1 Å². The minimum absolute atomic E-state index is 0.00555. The maximum absolute atomic E-state index is 13.0. The smallest absolute Gasteiger partial charge is 0.230 e. The van der Waals surface area contributed by atoms with Crippen LogP contribution in [0.4, 0.5) is 0 Å². The lowest BCUT2D eigenvalue weighted by molar-refractivity contribution is -0.119. The van der Waals surface area contributed by atoms with Crippen LogP contribution in [-0.2, 0) is 11.2 Å². The fourth-order valence-electron chi connectivity index (χ4n) is 4.56. The van der Waals surface area contributed by atoms with Crippen LogP contribution in [0.1, 0.15) is 35.6 Å². The summed E-state index contributed by atoms with van der Waals surface area (Å²) in [6.07, 6.45) is 3.12. The number of rotatable bonds is 7. The number of aryl methyl sites for hydroxylation is 2. The van der Waals surface area contributed by atoms with E-state index < -0.39 is 0 Å². The van der Waals surface area contributed by atoms with Crippen LogP contribution in [0.5, 0.6) is 5.75 Å². The number of amides is 1. The minimum Gasteiger partial charge on any atom is -0.496 e. The first-order valence-corrected chi connectivity index (χ1v) is 12.8. The van der Waals surface area contributed by atoms with Crippen LogP contribution in [-0.4, -0.2) is 33.5 Å². The molecule has 0 aliphatic heterocycles. The average Bonchev–Trinajstić information content (AvgIpc) is 3.32. The van der Waals surface area contributed by atoms with Gasteiger partial charge < -0.3 is 10.1 Å². The molecule has 178 valence electrons. The molecule has 5 rings (SSSR count). The van der Waals surface area contributed by atoms with E-state index in [1.54, 1.807) is 7.11 Å². The second-order valence-electron chi connectivity index (χ2n) is 8.68. The maximum atomic E-state index is 13.0. The van der Waals surface area contributed by atoms with E-state index in [1.807, 2.05) is 47.0 Å². The molecule has 0 spiro atoms. The second kappa shape index (κ2) is 10.4. The van der Waals surface area contributed by atoms with Gasteiger partial charge >= 0.3 is 0 Å². The van der Waals surface area contributed by atoms with Gasteiger partial charge in [0, 0.05) is 5.69 Å². The Morgan fingerprint density at radius 2 is 1.83 bits per heavy atom. The normalized spacial score (nSPS) is 14.9. The van der Waals surface area contributed by atoms with E-state index in [0.717, 1.165) is 36.3 Å². The molecule has 0 bridgehead atoms. The molecule has 1 aromatic heterocycles. The van der Waals surface area contributed by atoms with Crippen LogP contribution >= 0.6 is 11.8 Å². The van der Waals surface area contributed by atoms with Crippen LogP contribution in [0, 0.1) is 6.92 Å². The van der Waals surface area contributed by atoms with Gasteiger partial charge in [0.2, 0.25) is 5.91 Å². The van der Waals surface area contributed by atoms with Gasteiger partial charge in [0.1, 0.15) is 5.75 Å². The Morgan fingerprint density at radius 1 is 1.06 bits per heavy atom. The fourth-order valence-corrected chi connectivity index (χ4v) is 5.33. The number of ether oxygens (including phenoxy) is 1. The SMILES string of the molecule is COc1ccccc1-c1nnc(SCC(=O)NC2CCCc3ccccc32)n1-c1ccc(C)cc1. The van der Waals surface area contributed by atoms with E-state index in [1.165, 1.54) is 28.5 Å². The van der Waals surface area contributed by atoms with Gasteiger partial charge in [0.15, 0.2) is 11.0 Å². The first-order chi connectivity index (χ1) is 17.1. The van der Waals surface area contributed by atoms with E-state index in [-0.39, 0.29) is 17.7 Å². The number of nitrogens with one attached hydrogen (secondary N) is 1. The Bertz CT molecular complexity index is 1330. The van der Waals surface area contributed by atoms with Crippen molar-refractivity contribution in [1.29, 1.82) is 0 Å². The standard InChI is InChI=1S/C28H28N4O2S/c1-19-14-16-21(17-15-19)32-27(23-11-5-6-13-25(23)34-2)30-31-28(32)35-18-26(33)29-24-12-7-9-20-8-3-4-10-22(20)24/h3-6,8,10-11,13-17,24H,7,9,12,18H2,1-2H3,(H,29,33). The molecule has 4 aromatic rings. The van der Waals surface area contributed by atoms with E-state index in [2.05, 4.69) is 52.8 Å². The molecule has 0 saturated carbocycles. The lowest BCUT2D eigenvalue weighted by Crippen LogP contribution is -2.32. The molecular weight excluding hydrogens is 456 g/mol. The number of hydrogen-bond acceptors (Lipinski definition) is 5. The quantitative estimate of drug-likeness (QED) is 0.349. The van der Waals surface area contributed by atoms with E-state index in [0.29, 0.717) is 11.0 Å². The van der Waals surface area contributed by atoms with Crippen LogP contribution < -0.4 is 10.1 Å². The van der Waals surface area contributed by atoms with Crippen molar-refractivity contribution in [3.8, 4) is 22.8 Å². The van der Waals surface area contributed by atoms with E-state index in [4.69, 9.17) is 4.74 Å². The number of benzene rings is 3. The largest absolute Gasteiger partial charge is 0.496 e. The molecule has 0 radical (unpaired) electrons. The Kier molecular flexibility index (Phi) is 6.86. The summed E-state index contributed by atoms with van der Waals surface area (Å²) in [4.78, 5) is 13.0. The summed E-state index contributed by atoms with van der Waals surface area (Å²) >= 11 is 1.39. The molecule has 1 amide bonds. The highest BCUT2D eigenvalue weighted by Crippen LogP contribution is 2.34. The molecule has 1 aliphatic rings. The highest BCUT2D eigenvalue weighted by atomic mass is 32.2. The van der Waals surface area contributed by atoms with Crippen molar-refractivity contribution >= 4 is 17.7 Å². The average molecular weight is 485 g/mol. The number of fused-ring (bicyclic) bond motifs is 1. The van der Waals surface area contributed by atoms with Gasteiger partial charge in [0.05, 0.1) is 24.5 Å². The summed E-state index contributed by atoms with van der Waals surface area (Å²) in [5, 5.41) is 12.9. The van der Waals surface area contributed by atoms with E-state index in [9.17, 15) is 4.79 Å². The summed E-state index contributed by atoms with van der Waals surface area (Å²) in [6.45, 7) is 2.06. The Balaban J connectivity index is 1.40. The number of hydrogen-bond donors (Lipinski definition) is 1. The van der Waals surface area contributed by atoms with Crippen LogP contribution in [0.3, 0.4) is 0 Å². The molecule has 0 saturated heterocycles. The molecule has 35 heavy (non-hydrogen) atoms. The van der Waals surface area contributed by atoms with Gasteiger partial charge in [-0.15, -0.1) is 10.2 Å². The zero-order valence-corrected chi connectivity index (χ0v) is 20.7. The number of nitrogens with zero attached hydrogens (tertiary/aromatic N) is 3. The summed E-state index contributed by atoms with van der Waals surface area (Å²) < 4.78 is 7.57. The lowest BCUT2D eigenvalue weighted by Gasteiger charge is -2.26. The molecule has 1 N–H and O–H groups in total. The molecule has 6 nitrogen and oxygen atoms in total. The predicted octanol–water partition coefficient (Wildman–Crippen LogP) is 5.54. The van der Waals surface area contributed by atoms with Gasteiger partial charge in [-0.25, -0.2) is 0 Å². The molecule has 0 fully saturated rings. The van der Waals surface area contributed by atoms with Gasteiger partial charge in [-0.05, 0) is 61.6 Å². The summed E-state index contributed by atoms with van der Waals surface area (Å²) in [7, 11) is 1.65. The molecule has 3 aromatic carbocycles. The third kappa shape index (κ3) is 4.95. The number of aromatic nitrogens is 3. The minimum atomic E-state index is -0.00555. The predicted molar refractivity (Wildman–Crippen MR) is 139 cm³/mol. The van der Waals surface area contributed by atoms with Crippen LogP contribution in [0.15, 0.2) is 78.0 Å². The summed E-state index contributed by atoms with van der Waals surface area (Å²) in [5.74, 6) is 1.65. The number of thioether (sulfide) groups is 1. The molecule has 1 heterocycles. The number of carbonyl (C=O) groups excluding carboxylic acids is 1.